The first kappa shape index (κ1) is 14.8. The number of ketones is 2. The highest BCUT2D eigenvalue weighted by molar-refractivity contribution is 6.09. The van der Waals surface area contributed by atoms with E-state index in [0.29, 0.717) is 30.1 Å². The molecule has 1 aliphatic carbocycles. The lowest BCUT2D eigenvalue weighted by Crippen LogP contribution is -2.35. The second kappa shape index (κ2) is 5.43. The van der Waals surface area contributed by atoms with Crippen LogP contribution in [0.4, 0.5) is 0 Å². The molecule has 108 valence electrons. The van der Waals surface area contributed by atoms with Crippen molar-refractivity contribution in [3.8, 4) is 0 Å². The van der Waals surface area contributed by atoms with Gasteiger partial charge in [0.1, 0.15) is 17.5 Å². The van der Waals surface area contributed by atoms with Crippen LogP contribution in [-0.4, -0.2) is 21.5 Å². The van der Waals surface area contributed by atoms with Gasteiger partial charge in [-0.1, -0.05) is 13.8 Å². The van der Waals surface area contributed by atoms with Gasteiger partial charge < -0.3 is 0 Å². The fourth-order valence-electron chi connectivity index (χ4n) is 2.79. The van der Waals surface area contributed by atoms with Crippen molar-refractivity contribution in [2.75, 3.05) is 0 Å². The van der Waals surface area contributed by atoms with Gasteiger partial charge in [-0.05, 0) is 32.6 Å². The van der Waals surface area contributed by atoms with E-state index in [1.165, 1.54) is 0 Å². The first-order valence-corrected chi connectivity index (χ1v) is 7.18. The topological polar surface area (TPSA) is 59.9 Å². The number of hydrogen-bond donors (Lipinski definition) is 0. The molecule has 1 aromatic heterocycles. The first-order chi connectivity index (χ1) is 9.31. The normalized spacial score (nSPS) is 23.5. The molecule has 0 amide bonds. The average molecular weight is 274 g/mol. The summed E-state index contributed by atoms with van der Waals surface area (Å²) in [6, 6.07) is 0. The summed E-state index contributed by atoms with van der Waals surface area (Å²) in [5.74, 6) is -0.167. The van der Waals surface area contributed by atoms with Gasteiger partial charge in [-0.3, -0.25) is 19.6 Å². The third-order valence-electron chi connectivity index (χ3n) is 4.30. The largest absolute Gasteiger partial charge is 0.298 e. The van der Waals surface area contributed by atoms with Crippen molar-refractivity contribution in [3.05, 3.63) is 22.8 Å². The molecule has 1 heterocycles. The van der Waals surface area contributed by atoms with Crippen LogP contribution < -0.4 is 0 Å². The molecule has 0 N–H and O–H groups in total. The number of nitrogens with zero attached hydrogens (tertiary/aromatic N) is 2. The third kappa shape index (κ3) is 2.65. The van der Waals surface area contributed by atoms with Gasteiger partial charge in [-0.15, -0.1) is 0 Å². The van der Waals surface area contributed by atoms with Gasteiger partial charge in [0.05, 0.1) is 22.8 Å². The fraction of sp³-hybridized carbons (Fsp3) is 0.625. The van der Waals surface area contributed by atoms with E-state index >= 15 is 0 Å². The molecular weight excluding hydrogens is 252 g/mol. The van der Waals surface area contributed by atoms with Crippen LogP contribution >= 0.6 is 0 Å². The van der Waals surface area contributed by atoms with Crippen molar-refractivity contribution in [1.82, 2.24) is 9.97 Å². The van der Waals surface area contributed by atoms with Gasteiger partial charge >= 0.3 is 0 Å². The maximum absolute atomic E-state index is 12.4. The van der Waals surface area contributed by atoms with Gasteiger partial charge in [-0.25, -0.2) is 0 Å². The number of carbonyl (C=O) groups is 2. The number of carbonyl (C=O) groups excluding carboxylic acids is 2. The molecule has 20 heavy (non-hydrogen) atoms. The lowest BCUT2D eigenvalue weighted by Gasteiger charge is -2.29. The van der Waals surface area contributed by atoms with Crippen LogP contribution in [0, 0.1) is 32.6 Å². The standard InChI is InChI=1S/C16H22N2O2/c1-8(2)12-6-13(19)15(14(20)7-12)16-11(5)17-9(3)10(4)18-16/h8,12,15H,6-7H2,1-5H3. The molecule has 0 aromatic carbocycles. The number of hydrogen-bond acceptors (Lipinski definition) is 4. The van der Waals surface area contributed by atoms with Crippen molar-refractivity contribution in [2.24, 2.45) is 11.8 Å². The van der Waals surface area contributed by atoms with Crippen molar-refractivity contribution in [1.29, 1.82) is 0 Å². The SMILES string of the molecule is Cc1nc(C)c(C2C(=O)CC(C(C)C)CC2=O)nc1C. The minimum Gasteiger partial charge on any atom is -0.298 e. The fourth-order valence-corrected chi connectivity index (χ4v) is 2.79. The van der Waals surface area contributed by atoms with E-state index in [4.69, 9.17) is 0 Å². The Morgan fingerprint density at radius 1 is 0.900 bits per heavy atom. The Balaban J connectivity index is 2.37. The second-order valence-electron chi connectivity index (χ2n) is 6.14. The summed E-state index contributed by atoms with van der Waals surface area (Å²) < 4.78 is 0. The molecule has 1 aliphatic rings. The van der Waals surface area contributed by atoms with Crippen molar-refractivity contribution in [3.63, 3.8) is 0 Å². The zero-order valence-corrected chi connectivity index (χ0v) is 12.9. The van der Waals surface area contributed by atoms with Gasteiger partial charge in [0, 0.05) is 12.8 Å². The lowest BCUT2D eigenvalue weighted by molar-refractivity contribution is -0.134. The molecule has 2 rings (SSSR count). The van der Waals surface area contributed by atoms with E-state index in [2.05, 4.69) is 23.8 Å². The predicted molar refractivity (Wildman–Crippen MR) is 76.6 cm³/mol. The summed E-state index contributed by atoms with van der Waals surface area (Å²) in [4.78, 5) is 33.6. The molecule has 0 aliphatic heterocycles. The Bertz CT molecular complexity index is 546. The van der Waals surface area contributed by atoms with Crippen molar-refractivity contribution < 1.29 is 9.59 Å². The van der Waals surface area contributed by atoms with Gasteiger partial charge in [0.15, 0.2) is 0 Å². The highest BCUT2D eigenvalue weighted by atomic mass is 16.2. The van der Waals surface area contributed by atoms with Crippen LogP contribution in [0.1, 0.15) is 55.4 Å². The quantitative estimate of drug-likeness (QED) is 0.778. The van der Waals surface area contributed by atoms with Crippen molar-refractivity contribution in [2.45, 2.75) is 53.4 Å². The summed E-state index contributed by atoms with van der Waals surface area (Å²) in [6.45, 7) is 9.70. The zero-order valence-electron chi connectivity index (χ0n) is 12.9. The molecule has 1 saturated carbocycles. The summed E-state index contributed by atoms with van der Waals surface area (Å²) in [7, 11) is 0. The highest BCUT2D eigenvalue weighted by Crippen LogP contribution is 2.34. The molecule has 0 radical (unpaired) electrons. The Morgan fingerprint density at radius 3 is 1.90 bits per heavy atom. The number of aromatic nitrogens is 2. The summed E-state index contributed by atoms with van der Waals surface area (Å²) in [5.41, 5.74) is 2.90. The Labute approximate surface area is 120 Å². The third-order valence-corrected chi connectivity index (χ3v) is 4.30. The first-order valence-electron chi connectivity index (χ1n) is 7.18. The molecular formula is C16H22N2O2. The zero-order chi connectivity index (χ0) is 15.0. The van der Waals surface area contributed by atoms with E-state index in [-0.39, 0.29) is 17.5 Å². The van der Waals surface area contributed by atoms with Crippen LogP contribution in [0.3, 0.4) is 0 Å². The highest BCUT2D eigenvalue weighted by Gasteiger charge is 2.39. The van der Waals surface area contributed by atoms with E-state index in [9.17, 15) is 9.59 Å². The van der Waals surface area contributed by atoms with E-state index < -0.39 is 5.92 Å². The van der Waals surface area contributed by atoms with Crippen LogP contribution in [0.25, 0.3) is 0 Å². The predicted octanol–water partition coefficient (Wildman–Crippen LogP) is 2.69. The molecule has 1 fully saturated rings. The van der Waals surface area contributed by atoms with Gasteiger partial charge in [-0.2, -0.15) is 0 Å². The van der Waals surface area contributed by atoms with Gasteiger partial charge in [0.25, 0.3) is 0 Å². The molecule has 0 spiro atoms. The molecule has 0 saturated heterocycles. The molecule has 4 heteroatoms. The molecule has 4 nitrogen and oxygen atoms in total. The second-order valence-corrected chi connectivity index (χ2v) is 6.14. The Morgan fingerprint density at radius 2 is 1.40 bits per heavy atom. The van der Waals surface area contributed by atoms with Crippen molar-refractivity contribution >= 4 is 11.6 Å². The average Bonchev–Trinajstić information content (AvgIpc) is 2.34. The minimum atomic E-state index is -0.697. The van der Waals surface area contributed by atoms with Crippen LogP contribution in [0.2, 0.25) is 0 Å². The smallest absolute Gasteiger partial charge is 0.149 e. The summed E-state index contributed by atoms with van der Waals surface area (Å²) >= 11 is 0. The van der Waals surface area contributed by atoms with Crippen LogP contribution in [0.5, 0.6) is 0 Å². The van der Waals surface area contributed by atoms with E-state index in [1.54, 1.807) is 0 Å². The monoisotopic (exact) mass is 274 g/mol. The number of Topliss-reactive ketones (excluding diaryl/α,β-unsaturated/α-hetero) is 2. The number of aryl methyl sites for hydroxylation is 3. The maximum Gasteiger partial charge on any atom is 0.149 e. The van der Waals surface area contributed by atoms with Gasteiger partial charge in [0.2, 0.25) is 0 Å². The Hall–Kier alpha value is -1.58. The molecule has 0 atom stereocenters. The van der Waals surface area contributed by atoms with Crippen LogP contribution in [0.15, 0.2) is 0 Å². The molecule has 0 unspecified atom stereocenters. The number of rotatable bonds is 2. The maximum atomic E-state index is 12.4. The molecule has 0 bridgehead atoms. The van der Waals surface area contributed by atoms with E-state index in [1.807, 2.05) is 20.8 Å². The Kier molecular flexibility index (Phi) is 4.02. The molecule has 1 aromatic rings. The van der Waals surface area contributed by atoms with E-state index in [0.717, 1.165) is 11.4 Å². The summed E-state index contributed by atoms with van der Waals surface area (Å²) in [6.07, 6.45) is 0.949. The van der Waals surface area contributed by atoms with Crippen LogP contribution in [-0.2, 0) is 9.59 Å². The lowest BCUT2D eigenvalue weighted by atomic mass is 9.74. The summed E-state index contributed by atoms with van der Waals surface area (Å²) in [5, 5.41) is 0. The minimum absolute atomic E-state index is 0.000558.